The summed E-state index contributed by atoms with van der Waals surface area (Å²) in [7, 11) is 1.54. The molecule has 7 nitrogen and oxygen atoms in total. The van der Waals surface area contributed by atoms with Crippen molar-refractivity contribution in [1.29, 1.82) is 0 Å². The fraction of sp³-hybridized carbons (Fsp3) is 0.235. The Bertz CT molecular complexity index is 787. The number of anilines is 2. The molecule has 0 bridgehead atoms. The van der Waals surface area contributed by atoms with Gasteiger partial charge in [-0.3, -0.25) is 14.9 Å². The number of rotatable bonds is 6. The molecule has 0 radical (unpaired) electrons. The Morgan fingerprint density at radius 1 is 1.25 bits per heavy atom. The van der Waals surface area contributed by atoms with Gasteiger partial charge in [-0.1, -0.05) is 6.07 Å². The van der Waals surface area contributed by atoms with Crippen LogP contribution in [-0.2, 0) is 0 Å². The van der Waals surface area contributed by atoms with Crippen molar-refractivity contribution in [3.8, 4) is 5.75 Å². The molecule has 2 N–H and O–H groups in total. The van der Waals surface area contributed by atoms with Crippen LogP contribution >= 0.6 is 0 Å². The van der Waals surface area contributed by atoms with Gasteiger partial charge in [0.1, 0.15) is 11.4 Å². The highest BCUT2D eigenvalue weighted by Gasteiger charge is 2.25. The van der Waals surface area contributed by atoms with Gasteiger partial charge in [0.25, 0.3) is 11.6 Å². The van der Waals surface area contributed by atoms with Gasteiger partial charge in [0.2, 0.25) is 0 Å². The lowest BCUT2D eigenvalue weighted by atomic mass is 10.1. The lowest BCUT2D eigenvalue weighted by Crippen LogP contribution is -2.13. The molecule has 7 heteroatoms. The minimum atomic E-state index is -0.479. The number of amides is 1. The predicted octanol–water partition coefficient (Wildman–Crippen LogP) is 3.43. The molecule has 2 aromatic carbocycles. The van der Waals surface area contributed by atoms with E-state index in [0.29, 0.717) is 23.2 Å². The molecule has 3 rings (SSSR count). The fourth-order valence-electron chi connectivity index (χ4n) is 2.30. The van der Waals surface area contributed by atoms with E-state index in [4.69, 9.17) is 4.74 Å². The number of carbonyl (C=O) groups is 1. The number of nitro groups is 1. The smallest absolute Gasteiger partial charge is 0.293 e. The molecule has 1 aliphatic carbocycles. The van der Waals surface area contributed by atoms with Crippen LogP contribution in [0.1, 0.15) is 23.2 Å². The Morgan fingerprint density at radius 3 is 2.71 bits per heavy atom. The molecular formula is C17H17N3O4. The van der Waals surface area contributed by atoms with Crippen LogP contribution in [-0.4, -0.2) is 24.0 Å². The van der Waals surface area contributed by atoms with Gasteiger partial charge in [-0.25, -0.2) is 0 Å². The molecule has 24 heavy (non-hydrogen) atoms. The van der Waals surface area contributed by atoms with E-state index in [1.807, 2.05) is 0 Å². The van der Waals surface area contributed by atoms with Crippen LogP contribution < -0.4 is 15.4 Å². The van der Waals surface area contributed by atoms with Crippen molar-refractivity contribution in [2.75, 3.05) is 17.7 Å². The Hall–Kier alpha value is -3.09. The molecule has 0 saturated heterocycles. The van der Waals surface area contributed by atoms with Crippen LogP contribution in [0.15, 0.2) is 42.5 Å². The van der Waals surface area contributed by atoms with E-state index in [2.05, 4.69) is 10.6 Å². The highest BCUT2D eigenvalue weighted by atomic mass is 16.6. The first-order valence-electron chi connectivity index (χ1n) is 7.57. The molecule has 0 atom stereocenters. The van der Waals surface area contributed by atoms with Crippen LogP contribution in [0.25, 0.3) is 0 Å². The number of hydrogen-bond acceptors (Lipinski definition) is 5. The highest BCUT2D eigenvalue weighted by molar-refractivity contribution is 6.05. The largest absolute Gasteiger partial charge is 0.497 e. The number of carbonyl (C=O) groups excluding carboxylic acids is 1. The first-order chi connectivity index (χ1) is 11.6. The lowest BCUT2D eigenvalue weighted by Gasteiger charge is -2.09. The minimum Gasteiger partial charge on any atom is -0.497 e. The second-order valence-electron chi connectivity index (χ2n) is 5.59. The van der Waals surface area contributed by atoms with E-state index in [1.165, 1.54) is 13.2 Å². The summed E-state index contributed by atoms with van der Waals surface area (Å²) in [6.07, 6.45) is 2.02. The zero-order chi connectivity index (χ0) is 17.1. The van der Waals surface area contributed by atoms with Crippen LogP contribution in [0, 0.1) is 10.1 Å². The number of hydrogen-bond donors (Lipinski definition) is 2. The number of nitrogens with one attached hydrogen (secondary N) is 2. The summed E-state index contributed by atoms with van der Waals surface area (Å²) in [5.74, 6) is 0.201. The number of ether oxygens (including phenoxy) is 1. The summed E-state index contributed by atoms with van der Waals surface area (Å²) in [5, 5.41) is 17.1. The summed E-state index contributed by atoms with van der Waals surface area (Å²) < 4.78 is 5.10. The van der Waals surface area contributed by atoms with Crippen molar-refractivity contribution in [2.24, 2.45) is 0 Å². The number of nitro benzene ring substituents is 1. The molecule has 124 valence electrons. The average molecular weight is 327 g/mol. The molecule has 1 fully saturated rings. The van der Waals surface area contributed by atoms with Gasteiger partial charge >= 0.3 is 0 Å². The van der Waals surface area contributed by atoms with Gasteiger partial charge in [0, 0.05) is 29.4 Å². The first kappa shape index (κ1) is 15.8. The monoisotopic (exact) mass is 327 g/mol. The van der Waals surface area contributed by atoms with Crippen LogP contribution in [0.4, 0.5) is 17.1 Å². The third kappa shape index (κ3) is 3.62. The summed E-state index contributed by atoms with van der Waals surface area (Å²) in [4.78, 5) is 23.1. The van der Waals surface area contributed by atoms with Gasteiger partial charge in [-0.2, -0.15) is 0 Å². The average Bonchev–Trinajstić information content (AvgIpc) is 3.39. The van der Waals surface area contributed by atoms with Crippen molar-refractivity contribution in [3.05, 3.63) is 58.1 Å². The van der Waals surface area contributed by atoms with Crippen molar-refractivity contribution in [2.45, 2.75) is 18.9 Å². The number of nitrogens with zero attached hydrogens (tertiary/aromatic N) is 1. The molecule has 1 amide bonds. The van der Waals surface area contributed by atoms with Crippen molar-refractivity contribution in [3.63, 3.8) is 0 Å². The quantitative estimate of drug-likeness (QED) is 0.626. The normalized spacial score (nSPS) is 13.2. The maximum absolute atomic E-state index is 12.3. The third-order valence-corrected chi connectivity index (χ3v) is 3.72. The fourth-order valence-corrected chi connectivity index (χ4v) is 2.30. The van der Waals surface area contributed by atoms with Crippen LogP contribution in [0.3, 0.4) is 0 Å². The number of benzene rings is 2. The maximum atomic E-state index is 12.3. The zero-order valence-corrected chi connectivity index (χ0v) is 13.1. The lowest BCUT2D eigenvalue weighted by molar-refractivity contribution is -0.384. The SMILES string of the molecule is COc1cccc(NC(=O)c2ccc(NC3CC3)c([N+](=O)[O-])c2)c1. The Kier molecular flexibility index (Phi) is 4.33. The third-order valence-electron chi connectivity index (χ3n) is 3.72. The second-order valence-corrected chi connectivity index (χ2v) is 5.59. The first-order valence-corrected chi connectivity index (χ1v) is 7.57. The van der Waals surface area contributed by atoms with Crippen molar-refractivity contribution < 1.29 is 14.5 Å². The van der Waals surface area contributed by atoms with Gasteiger partial charge in [0.15, 0.2) is 0 Å². The maximum Gasteiger partial charge on any atom is 0.293 e. The topological polar surface area (TPSA) is 93.5 Å². The highest BCUT2D eigenvalue weighted by Crippen LogP contribution is 2.31. The molecule has 0 aliphatic heterocycles. The Labute approximate surface area is 138 Å². The molecule has 1 aliphatic rings. The minimum absolute atomic E-state index is 0.0970. The molecule has 0 spiro atoms. The molecule has 0 heterocycles. The number of methoxy groups -OCH3 is 1. The van der Waals surface area contributed by atoms with E-state index >= 15 is 0 Å². The van der Waals surface area contributed by atoms with E-state index in [1.54, 1.807) is 36.4 Å². The molecule has 0 aromatic heterocycles. The molecule has 0 unspecified atom stereocenters. The molecule has 2 aromatic rings. The molecule has 1 saturated carbocycles. The summed E-state index contributed by atoms with van der Waals surface area (Å²) in [6, 6.07) is 11.6. The van der Waals surface area contributed by atoms with Gasteiger partial charge in [0.05, 0.1) is 12.0 Å². The Morgan fingerprint density at radius 2 is 2.04 bits per heavy atom. The molecular weight excluding hydrogens is 310 g/mol. The van der Waals surface area contributed by atoms with Crippen molar-refractivity contribution >= 4 is 23.0 Å². The van der Waals surface area contributed by atoms with E-state index in [-0.39, 0.29) is 11.3 Å². The van der Waals surface area contributed by atoms with Gasteiger partial charge < -0.3 is 15.4 Å². The van der Waals surface area contributed by atoms with Gasteiger partial charge in [-0.05, 0) is 37.1 Å². The summed E-state index contributed by atoms with van der Waals surface area (Å²) in [5.41, 5.74) is 1.13. The van der Waals surface area contributed by atoms with E-state index in [0.717, 1.165) is 12.8 Å². The zero-order valence-electron chi connectivity index (χ0n) is 13.1. The van der Waals surface area contributed by atoms with Gasteiger partial charge in [-0.15, -0.1) is 0 Å². The van der Waals surface area contributed by atoms with E-state index < -0.39 is 10.8 Å². The summed E-state index contributed by atoms with van der Waals surface area (Å²) in [6.45, 7) is 0. The van der Waals surface area contributed by atoms with Crippen LogP contribution in [0.2, 0.25) is 0 Å². The predicted molar refractivity (Wildman–Crippen MR) is 90.7 cm³/mol. The van der Waals surface area contributed by atoms with E-state index in [9.17, 15) is 14.9 Å². The second kappa shape index (κ2) is 6.57. The standard InChI is InChI=1S/C17H17N3O4/c1-24-14-4-2-3-13(10-14)19-17(21)11-5-8-15(18-12-6-7-12)16(9-11)20(22)23/h2-5,8-10,12,18H,6-7H2,1H3,(H,19,21). The Balaban J connectivity index is 1.81. The van der Waals surface area contributed by atoms with Crippen molar-refractivity contribution in [1.82, 2.24) is 0 Å². The van der Waals surface area contributed by atoms with Crippen LogP contribution in [0.5, 0.6) is 5.75 Å². The summed E-state index contributed by atoms with van der Waals surface area (Å²) >= 11 is 0.